The smallest absolute Gasteiger partial charge is 0.227 e. The number of nitrogens with two attached hydrogens (primary N) is 1. The maximum atomic E-state index is 12.4. The van der Waals surface area contributed by atoms with Gasteiger partial charge >= 0.3 is 0 Å². The average molecular weight is 291 g/mol. The maximum Gasteiger partial charge on any atom is 0.227 e. The van der Waals surface area contributed by atoms with Crippen LogP contribution in [0, 0.1) is 10.8 Å². The van der Waals surface area contributed by atoms with Crippen LogP contribution in [0.25, 0.3) is 0 Å². The van der Waals surface area contributed by atoms with Crippen LogP contribution < -0.4 is 11.1 Å². The Morgan fingerprint density at radius 1 is 1.26 bits per heavy atom. The second kappa shape index (κ2) is 6.91. The molecule has 1 amide bonds. The molecule has 0 aromatic rings. The third kappa shape index (κ3) is 3.83. The Bertz CT molecular complexity index is 300. The number of hydrogen-bond acceptors (Lipinski definition) is 3. The predicted molar refractivity (Wildman–Crippen MR) is 78.4 cm³/mol. The lowest BCUT2D eigenvalue weighted by atomic mass is 9.79. The molecule has 0 atom stereocenters. The van der Waals surface area contributed by atoms with Crippen LogP contribution in [0.4, 0.5) is 0 Å². The van der Waals surface area contributed by atoms with Crippen molar-refractivity contribution in [3.05, 3.63) is 0 Å². The van der Waals surface area contributed by atoms with Crippen molar-refractivity contribution < 1.29 is 9.53 Å². The first-order valence-electron chi connectivity index (χ1n) is 7.23. The molecular formula is C14H27ClN2O2. The molecule has 2 rings (SSSR count). The summed E-state index contributed by atoms with van der Waals surface area (Å²) in [6.45, 7) is 4.79. The van der Waals surface area contributed by atoms with Gasteiger partial charge < -0.3 is 15.8 Å². The van der Waals surface area contributed by atoms with E-state index in [4.69, 9.17) is 10.5 Å². The highest BCUT2D eigenvalue weighted by molar-refractivity contribution is 5.85. The normalized spacial score (nSPS) is 23.3. The fraction of sp³-hybridized carbons (Fsp3) is 0.929. The third-order valence-electron chi connectivity index (χ3n) is 4.68. The topological polar surface area (TPSA) is 64.4 Å². The molecule has 1 saturated carbocycles. The van der Waals surface area contributed by atoms with E-state index in [-0.39, 0.29) is 23.7 Å². The SMILES string of the molecule is CCCC1(CNC(=O)C2(CN)CCOCC2)CC1.Cl. The molecule has 0 aromatic carbocycles. The van der Waals surface area contributed by atoms with Crippen molar-refractivity contribution >= 4 is 18.3 Å². The summed E-state index contributed by atoms with van der Waals surface area (Å²) < 4.78 is 5.34. The van der Waals surface area contributed by atoms with E-state index >= 15 is 0 Å². The van der Waals surface area contributed by atoms with E-state index in [1.54, 1.807) is 0 Å². The molecule has 1 aliphatic carbocycles. The zero-order valence-electron chi connectivity index (χ0n) is 11.9. The van der Waals surface area contributed by atoms with Gasteiger partial charge in [0, 0.05) is 26.3 Å². The summed E-state index contributed by atoms with van der Waals surface area (Å²) in [5, 5.41) is 3.16. The summed E-state index contributed by atoms with van der Waals surface area (Å²) >= 11 is 0. The third-order valence-corrected chi connectivity index (χ3v) is 4.68. The van der Waals surface area contributed by atoms with E-state index in [2.05, 4.69) is 12.2 Å². The summed E-state index contributed by atoms with van der Waals surface area (Å²) in [5.41, 5.74) is 5.87. The molecule has 112 valence electrons. The Balaban J connectivity index is 0.00000180. The Labute approximate surface area is 122 Å². The van der Waals surface area contributed by atoms with Crippen molar-refractivity contribution in [1.82, 2.24) is 5.32 Å². The highest BCUT2D eigenvalue weighted by Gasteiger charge is 2.44. The van der Waals surface area contributed by atoms with E-state index in [9.17, 15) is 4.79 Å². The molecule has 5 heteroatoms. The molecule has 1 aliphatic heterocycles. The van der Waals surface area contributed by atoms with Crippen molar-refractivity contribution in [1.29, 1.82) is 0 Å². The standard InChI is InChI=1S/C14H26N2O2.ClH/c1-2-3-13(4-5-13)11-16-12(17)14(10-15)6-8-18-9-7-14;/h2-11,15H2,1H3,(H,16,17);1H. The quantitative estimate of drug-likeness (QED) is 0.785. The molecule has 2 fully saturated rings. The average Bonchev–Trinajstić information content (AvgIpc) is 3.17. The number of halogens is 1. The van der Waals surface area contributed by atoms with E-state index in [1.165, 1.54) is 25.7 Å². The number of hydrogen-bond donors (Lipinski definition) is 2. The van der Waals surface area contributed by atoms with Crippen molar-refractivity contribution in [2.45, 2.75) is 45.4 Å². The Morgan fingerprint density at radius 3 is 2.37 bits per heavy atom. The summed E-state index contributed by atoms with van der Waals surface area (Å²) in [6.07, 6.45) is 6.48. The van der Waals surface area contributed by atoms with Crippen molar-refractivity contribution in [2.75, 3.05) is 26.3 Å². The number of amides is 1. The summed E-state index contributed by atoms with van der Waals surface area (Å²) in [4.78, 5) is 12.4. The molecule has 1 saturated heterocycles. The summed E-state index contributed by atoms with van der Waals surface area (Å²) in [7, 11) is 0. The largest absolute Gasteiger partial charge is 0.381 e. The van der Waals surface area contributed by atoms with Crippen LogP contribution in [-0.2, 0) is 9.53 Å². The van der Waals surface area contributed by atoms with Gasteiger partial charge in [-0.15, -0.1) is 12.4 Å². The number of nitrogens with one attached hydrogen (secondary N) is 1. The maximum absolute atomic E-state index is 12.4. The van der Waals surface area contributed by atoms with E-state index in [1.807, 2.05) is 0 Å². The van der Waals surface area contributed by atoms with Gasteiger partial charge in [0.2, 0.25) is 5.91 Å². The van der Waals surface area contributed by atoms with Crippen LogP contribution in [0.1, 0.15) is 45.4 Å². The Hall–Kier alpha value is -0.320. The van der Waals surface area contributed by atoms with E-state index in [0.29, 0.717) is 25.2 Å². The predicted octanol–water partition coefficient (Wildman–Crippen LogP) is 1.86. The van der Waals surface area contributed by atoms with E-state index in [0.717, 1.165) is 19.4 Å². The van der Waals surface area contributed by atoms with Crippen LogP contribution in [0.3, 0.4) is 0 Å². The van der Waals surface area contributed by atoms with Crippen molar-refractivity contribution in [2.24, 2.45) is 16.6 Å². The molecule has 0 aromatic heterocycles. The summed E-state index contributed by atoms with van der Waals surface area (Å²) in [5.74, 6) is 0.149. The first-order valence-corrected chi connectivity index (χ1v) is 7.23. The summed E-state index contributed by atoms with van der Waals surface area (Å²) in [6, 6.07) is 0. The second-order valence-corrected chi connectivity index (χ2v) is 6.03. The first-order chi connectivity index (χ1) is 8.66. The van der Waals surface area contributed by atoms with Gasteiger partial charge in [0.1, 0.15) is 0 Å². The highest BCUT2D eigenvalue weighted by Crippen LogP contribution is 2.49. The highest BCUT2D eigenvalue weighted by atomic mass is 35.5. The minimum atomic E-state index is -0.374. The number of rotatable bonds is 6. The lowest BCUT2D eigenvalue weighted by molar-refractivity contribution is -0.136. The van der Waals surface area contributed by atoms with Crippen LogP contribution in [0.2, 0.25) is 0 Å². The molecular weight excluding hydrogens is 264 g/mol. The minimum Gasteiger partial charge on any atom is -0.381 e. The molecule has 0 radical (unpaired) electrons. The van der Waals surface area contributed by atoms with Crippen molar-refractivity contribution in [3.8, 4) is 0 Å². The van der Waals surface area contributed by atoms with Crippen LogP contribution >= 0.6 is 12.4 Å². The monoisotopic (exact) mass is 290 g/mol. The zero-order chi connectivity index (χ0) is 13.1. The number of carbonyl (C=O) groups is 1. The minimum absolute atomic E-state index is 0. The molecule has 19 heavy (non-hydrogen) atoms. The Morgan fingerprint density at radius 2 is 1.89 bits per heavy atom. The van der Waals surface area contributed by atoms with E-state index < -0.39 is 0 Å². The van der Waals surface area contributed by atoms with Gasteiger partial charge in [-0.2, -0.15) is 0 Å². The van der Waals surface area contributed by atoms with Crippen LogP contribution in [-0.4, -0.2) is 32.2 Å². The van der Waals surface area contributed by atoms with Gasteiger partial charge in [-0.05, 0) is 37.5 Å². The van der Waals surface area contributed by atoms with Gasteiger partial charge in [0.05, 0.1) is 5.41 Å². The van der Waals surface area contributed by atoms with Crippen LogP contribution in [0.5, 0.6) is 0 Å². The van der Waals surface area contributed by atoms with Crippen molar-refractivity contribution in [3.63, 3.8) is 0 Å². The lowest BCUT2D eigenvalue weighted by Gasteiger charge is -2.35. The van der Waals surface area contributed by atoms with Crippen LogP contribution in [0.15, 0.2) is 0 Å². The molecule has 0 unspecified atom stereocenters. The van der Waals surface area contributed by atoms with Gasteiger partial charge in [0.25, 0.3) is 0 Å². The molecule has 0 spiro atoms. The molecule has 1 heterocycles. The lowest BCUT2D eigenvalue weighted by Crippen LogP contribution is -2.50. The van der Waals surface area contributed by atoms with Gasteiger partial charge in [-0.1, -0.05) is 13.3 Å². The van der Waals surface area contributed by atoms with Gasteiger partial charge in [-0.3, -0.25) is 4.79 Å². The number of carbonyl (C=O) groups excluding carboxylic acids is 1. The molecule has 3 N–H and O–H groups in total. The number of ether oxygens (including phenoxy) is 1. The van der Waals surface area contributed by atoms with Gasteiger partial charge in [-0.25, -0.2) is 0 Å². The molecule has 2 aliphatic rings. The second-order valence-electron chi connectivity index (χ2n) is 6.03. The zero-order valence-corrected chi connectivity index (χ0v) is 12.7. The first kappa shape index (κ1) is 16.7. The fourth-order valence-corrected chi connectivity index (χ4v) is 2.96. The molecule has 0 bridgehead atoms. The Kier molecular flexibility index (Phi) is 6.09. The fourth-order valence-electron chi connectivity index (χ4n) is 2.96. The van der Waals surface area contributed by atoms with Gasteiger partial charge in [0.15, 0.2) is 0 Å². The molecule has 4 nitrogen and oxygen atoms in total.